The van der Waals surface area contributed by atoms with E-state index in [2.05, 4.69) is 10.0 Å². The normalized spacial score (nSPS) is 22.9. The number of nitrogens with zero attached hydrogens (tertiary/aromatic N) is 3. The predicted molar refractivity (Wildman–Crippen MR) is 170 cm³/mol. The molecule has 1 saturated heterocycles. The highest BCUT2D eigenvalue weighted by molar-refractivity contribution is 7.56. The number of carbonyl (C=O) groups is 1. The number of ether oxygens (including phenoxy) is 5. The minimum atomic E-state index is -4.60. The molecule has 1 aliphatic heterocycles. The molecule has 46 heavy (non-hydrogen) atoms. The lowest BCUT2D eigenvalue weighted by Gasteiger charge is -2.51. The van der Waals surface area contributed by atoms with E-state index in [1.807, 2.05) is 91.0 Å². The third-order valence-corrected chi connectivity index (χ3v) is 9.92. The second-order valence-corrected chi connectivity index (χ2v) is 12.5. The number of hydrogen-bond acceptors (Lipinski definition) is 10. The maximum atomic E-state index is 14.7. The summed E-state index contributed by atoms with van der Waals surface area (Å²) in [6.07, 6.45) is -3.27. The van der Waals surface area contributed by atoms with E-state index in [0.29, 0.717) is 0 Å². The van der Waals surface area contributed by atoms with Gasteiger partial charge in [0.05, 0.1) is 52.9 Å². The Hall–Kier alpha value is -3.57. The Morgan fingerprint density at radius 2 is 1.30 bits per heavy atom. The predicted octanol–water partition coefficient (Wildman–Crippen LogP) is 6.59. The number of carbonyl (C=O) groups excluding carboxylic acids is 1. The smallest absolute Gasteiger partial charge is 0.374 e. The van der Waals surface area contributed by atoms with Crippen molar-refractivity contribution in [3.63, 3.8) is 0 Å². The largest absolute Gasteiger partial charge is 0.466 e. The number of rotatable bonds is 17. The standard InChI is InChI=1S/C33H40N3O9P/c1-4-43-46(38,44-5-2)33(32(37)39-3)31(35-36-34)30(42-23-27-19-13-8-14-20-27)29(41-22-26-17-11-7-12-18-26)28(45-33)24-40-21-25-15-9-6-10-16-25/h6-20,28-31H,4-5,21-24H2,1-3H3/t28-,29+,30+,31-,33-/m1/s1. The molecule has 1 heterocycles. The van der Waals surface area contributed by atoms with Gasteiger partial charge in [0.1, 0.15) is 18.2 Å². The monoisotopic (exact) mass is 653 g/mol. The zero-order valence-electron chi connectivity index (χ0n) is 26.2. The van der Waals surface area contributed by atoms with E-state index in [-0.39, 0.29) is 39.6 Å². The second-order valence-electron chi connectivity index (χ2n) is 10.4. The second kappa shape index (κ2) is 17.4. The first-order valence-corrected chi connectivity index (χ1v) is 16.6. The molecule has 4 rings (SSSR count). The molecule has 3 aromatic rings. The minimum Gasteiger partial charge on any atom is -0.466 e. The van der Waals surface area contributed by atoms with Gasteiger partial charge in [-0.2, -0.15) is 0 Å². The van der Waals surface area contributed by atoms with Crippen LogP contribution in [0, 0.1) is 0 Å². The van der Waals surface area contributed by atoms with Crippen LogP contribution in [0.15, 0.2) is 96.1 Å². The molecule has 0 spiro atoms. The maximum absolute atomic E-state index is 14.7. The van der Waals surface area contributed by atoms with Crippen molar-refractivity contribution >= 4 is 13.6 Å². The summed E-state index contributed by atoms with van der Waals surface area (Å²) in [6.45, 7) is 3.21. The van der Waals surface area contributed by atoms with Gasteiger partial charge in [-0.15, -0.1) is 0 Å². The fraction of sp³-hybridized carbons (Fsp3) is 0.424. The molecule has 0 aliphatic carbocycles. The van der Waals surface area contributed by atoms with E-state index in [1.54, 1.807) is 13.8 Å². The van der Waals surface area contributed by atoms with Crippen molar-refractivity contribution < 1.29 is 42.1 Å². The van der Waals surface area contributed by atoms with E-state index < -0.39 is 43.3 Å². The van der Waals surface area contributed by atoms with Crippen LogP contribution in [0.3, 0.4) is 0 Å². The quantitative estimate of drug-likeness (QED) is 0.0517. The molecule has 3 aromatic carbocycles. The molecule has 0 unspecified atom stereocenters. The van der Waals surface area contributed by atoms with Gasteiger partial charge in [0, 0.05) is 4.91 Å². The molecule has 1 aliphatic rings. The topological polar surface area (TPSA) is 148 Å². The lowest BCUT2D eigenvalue weighted by Crippen LogP contribution is -2.68. The molecule has 0 radical (unpaired) electrons. The van der Waals surface area contributed by atoms with E-state index >= 15 is 0 Å². The maximum Gasteiger partial charge on any atom is 0.374 e. The third kappa shape index (κ3) is 8.22. The van der Waals surface area contributed by atoms with E-state index in [9.17, 15) is 14.9 Å². The number of methoxy groups -OCH3 is 1. The Morgan fingerprint density at radius 3 is 1.76 bits per heavy atom. The Balaban J connectivity index is 1.84. The van der Waals surface area contributed by atoms with Crippen LogP contribution in [0.1, 0.15) is 30.5 Å². The number of azide groups is 1. The Bertz CT molecular complexity index is 1450. The minimum absolute atomic E-state index is 0.0383. The third-order valence-electron chi connectivity index (χ3n) is 7.36. The summed E-state index contributed by atoms with van der Waals surface area (Å²) in [5.74, 6) is -1.11. The van der Waals surface area contributed by atoms with Gasteiger partial charge in [0.2, 0.25) is 0 Å². The van der Waals surface area contributed by atoms with Gasteiger partial charge in [-0.3, -0.25) is 4.57 Å². The number of esters is 1. The van der Waals surface area contributed by atoms with Crippen molar-refractivity contribution in [2.45, 2.75) is 63.4 Å². The van der Waals surface area contributed by atoms with Crippen LogP contribution in [0.25, 0.3) is 10.4 Å². The molecule has 13 heteroatoms. The van der Waals surface area contributed by atoms with Crippen molar-refractivity contribution in [1.29, 1.82) is 0 Å². The molecule has 1 fully saturated rings. The van der Waals surface area contributed by atoms with Crippen LogP contribution < -0.4 is 0 Å². The van der Waals surface area contributed by atoms with Crippen LogP contribution in [-0.2, 0) is 61.9 Å². The highest BCUT2D eigenvalue weighted by atomic mass is 31.2. The highest BCUT2D eigenvalue weighted by Gasteiger charge is 2.71. The summed E-state index contributed by atoms with van der Waals surface area (Å²) in [5.41, 5.74) is 12.4. The van der Waals surface area contributed by atoms with Gasteiger partial charge in [0.25, 0.3) is 5.34 Å². The van der Waals surface area contributed by atoms with Gasteiger partial charge < -0.3 is 32.7 Å². The molecular formula is C33H40N3O9P. The zero-order chi connectivity index (χ0) is 32.8. The number of hydrogen-bond donors (Lipinski definition) is 0. The highest BCUT2D eigenvalue weighted by Crippen LogP contribution is 2.65. The fourth-order valence-corrected chi connectivity index (χ4v) is 7.56. The van der Waals surface area contributed by atoms with Crippen molar-refractivity contribution in [3.05, 3.63) is 118 Å². The molecule has 0 aromatic heterocycles. The van der Waals surface area contributed by atoms with Crippen molar-refractivity contribution in [3.8, 4) is 0 Å². The average molecular weight is 654 g/mol. The zero-order valence-corrected chi connectivity index (χ0v) is 27.1. The molecule has 5 atom stereocenters. The van der Waals surface area contributed by atoms with Gasteiger partial charge in [-0.1, -0.05) is 96.1 Å². The first kappa shape index (κ1) is 35.3. The van der Waals surface area contributed by atoms with Crippen LogP contribution in [-0.4, -0.2) is 62.6 Å². The van der Waals surface area contributed by atoms with Gasteiger partial charge in [-0.25, -0.2) is 4.79 Å². The SMILES string of the molecule is CCOP(=O)(OCC)[C@]1(C(=O)OC)O[C@H](COCc2ccccc2)[C@H](OCc2ccccc2)[C@H](OCc2ccccc2)[C@H]1N=[N+]=[N-]. The molecule has 0 saturated carbocycles. The van der Waals surface area contributed by atoms with E-state index in [4.69, 9.17) is 32.7 Å². The summed E-state index contributed by atoms with van der Waals surface area (Å²) >= 11 is 0. The molecule has 0 bridgehead atoms. The van der Waals surface area contributed by atoms with Crippen LogP contribution in [0.2, 0.25) is 0 Å². The molecular weight excluding hydrogens is 613 g/mol. The van der Waals surface area contributed by atoms with Crippen LogP contribution in [0.4, 0.5) is 0 Å². The van der Waals surface area contributed by atoms with Crippen LogP contribution in [0.5, 0.6) is 0 Å². The average Bonchev–Trinajstić information content (AvgIpc) is 3.08. The molecule has 0 amide bonds. The Kier molecular flexibility index (Phi) is 13.3. The summed E-state index contributed by atoms with van der Waals surface area (Å²) < 4.78 is 56.8. The van der Waals surface area contributed by atoms with Crippen molar-refractivity contribution in [2.24, 2.45) is 5.11 Å². The summed E-state index contributed by atoms with van der Waals surface area (Å²) in [6, 6.07) is 26.6. The first-order chi connectivity index (χ1) is 22.4. The summed E-state index contributed by atoms with van der Waals surface area (Å²) in [7, 11) is -3.49. The fourth-order valence-electron chi connectivity index (χ4n) is 5.32. The van der Waals surface area contributed by atoms with Gasteiger partial charge in [0.15, 0.2) is 0 Å². The van der Waals surface area contributed by atoms with Crippen molar-refractivity contribution in [1.82, 2.24) is 0 Å². The van der Waals surface area contributed by atoms with E-state index in [0.717, 1.165) is 23.8 Å². The first-order valence-electron chi connectivity index (χ1n) is 15.0. The molecule has 0 N–H and O–H groups in total. The van der Waals surface area contributed by atoms with Crippen molar-refractivity contribution in [2.75, 3.05) is 26.9 Å². The van der Waals surface area contributed by atoms with E-state index in [1.165, 1.54) is 0 Å². The Labute approximate surface area is 269 Å². The van der Waals surface area contributed by atoms with Crippen LogP contribution >= 0.6 is 7.60 Å². The van der Waals surface area contributed by atoms with Gasteiger partial charge in [-0.05, 0) is 36.1 Å². The summed E-state index contributed by atoms with van der Waals surface area (Å²) in [5, 5.41) is 1.41. The molecule has 12 nitrogen and oxygen atoms in total. The summed E-state index contributed by atoms with van der Waals surface area (Å²) in [4.78, 5) is 16.9. The molecule has 246 valence electrons. The Morgan fingerprint density at radius 1 is 0.826 bits per heavy atom. The number of benzene rings is 3. The lowest BCUT2D eigenvalue weighted by atomic mass is 9.92. The van der Waals surface area contributed by atoms with Gasteiger partial charge >= 0.3 is 13.6 Å². The lowest BCUT2D eigenvalue weighted by molar-refractivity contribution is -0.247.